The fraction of sp³-hybridized carbons (Fsp3) is 0.917. The number of rotatable bonds is 3. The molecule has 0 saturated heterocycles. The maximum absolute atomic E-state index is 2.35. The molecule has 0 aromatic carbocycles. The van der Waals surface area contributed by atoms with Crippen LogP contribution in [0.2, 0.25) is 0 Å². The molecule has 1 aliphatic carbocycles. The average Bonchev–Trinajstić information content (AvgIpc) is 2.30. The predicted octanol–water partition coefficient (Wildman–Crippen LogP) is 4.35. The summed E-state index contributed by atoms with van der Waals surface area (Å²) >= 11 is 0. The van der Waals surface area contributed by atoms with Gasteiger partial charge < -0.3 is 0 Å². The molecule has 1 saturated carbocycles. The second-order valence-corrected chi connectivity index (χ2v) is 4.11. The summed E-state index contributed by atoms with van der Waals surface area (Å²) in [6.45, 7) is 4.66. The minimum absolute atomic E-state index is 0.979. The standard InChI is InChI=1S/C12H23/c1-3-8-12-10-7-5-6-9-11(12)4-2/h11H,3-10H2,1-2H3. The van der Waals surface area contributed by atoms with E-state index in [1.165, 1.54) is 51.4 Å². The molecule has 1 unspecified atom stereocenters. The highest BCUT2D eigenvalue weighted by atomic mass is 14.3. The molecule has 71 valence electrons. The van der Waals surface area contributed by atoms with Crippen LogP contribution in [0.25, 0.3) is 0 Å². The second kappa shape index (κ2) is 5.61. The lowest BCUT2D eigenvalue weighted by Gasteiger charge is -2.22. The van der Waals surface area contributed by atoms with Gasteiger partial charge in [-0.2, -0.15) is 0 Å². The van der Waals surface area contributed by atoms with Gasteiger partial charge in [0.2, 0.25) is 0 Å². The molecule has 1 atom stereocenters. The first-order valence-electron chi connectivity index (χ1n) is 5.73. The Morgan fingerprint density at radius 3 is 2.67 bits per heavy atom. The Bertz CT molecular complexity index is 107. The van der Waals surface area contributed by atoms with Crippen LogP contribution in [0.3, 0.4) is 0 Å². The summed E-state index contributed by atoms with van der Waals surface area (Å²) in [7, 11) is 0. The van der Waals surface area contributed by atoms with Crippen molar-refractivity contribution in [1.82, 2.24) is 0 Å². The lowest BCUT2D eigenvalue weighted by atomic mass is 9.83. The fourth-order valence-electron chi connectivity index (χ4n) is 2.47. The SMILES string of the molecule is CCC[C]1CCCCCC1CC. The molecule has 1 aliphatic rings. The summed E-state index contributed by atoms with van der Waals surface area (Å²) in [6.07, 6.45) is 11.5. The highest BCUT2D eigenvalue weighted by molar-refractivity contribution is 4.96. The van der Waals surface area contributed by atoms with Crippen molar-refractivity contribution in [2.24, 2.45) is 5.92 Å². The van der Waals surface area contributed by atoms with Crippen molar-refractivity contribution in [3.05, 3.63) is 5.92 Å². The summed E-state index contributed by atoms with van der Waals surface area (Å²) in [5.74, 6) is 2.87. The van der Waals surface area contributed by atoms with E-state index in [1.807, 2.05) is 5.92 Å². The molecule has 12 heavy (non-hydrogen) atoms. The van der Waals surface area contributed by atoms with E-state index in [4.69, 9.17) is 0 Å². The highest BCUT2D eigenvalue weighted by Gasteiger charge is 2.21. The van der Waals surface area contributed by atoms with Crippen molar-refractivity contribution in [1.29, 1.82) is 0 Å². The molecule has 1 rings (SSSR count). The zero-order chi connectivity index (χ0) is 8.81. The molecular weight excluding hydrogens is 144 g/mol. The van der Waals surface area contributed by atoms with E-state index in [0.29, 0.717) is 0 Å². The normalized spacial score (nSPS) is 27.0. The minimum atomic E-state index is 0.979. The lowest BCUT2D eigenvalue weighted by molar-refractivity contribution is 0.452. The molecule has 0 nitrogen and oxygen atoms in total. The monoisotopic (exact) mass is 167 g/mol. The third-order valence-electron chi connectivity index (χ3n) is 3.19. The van der Waals surface area contributed by atoms with Gasteiger partial charge in [0.05, 0.1) is 0 Å². The summed E-state index contributed by atoms with van der Waals surface area (Å²) in [6, 6.07) is 0. The topological polar surface area (TPSA) is 0 Å². The zero-order valence-electron chi connectivity index (χ0n) is 8.73. The van der Waals surface area contributed by atoms with E-state index >= 15 is 0 Å². The molecule has 0 spiro atoms. The lowest BCUT2D eigenvalue weighted by Crippen LogP contribution is -2.09. The van der Waals surface area contributed by atoms with Gasteiger partial charge in [0.1, 0.15) is 0 Å². The summed E-state index contributed by atoms with van der Waals surface area (Å²) in [5.41, 5.74) is 0. The van der Waals surface area contributed by atoms with E-state index in [0.717, 1.165) is 5.92 Å². The Balaban J connectivity index is 2.39. The van der Waals surface area contributed by atoms with Gasteiger partial charge in [0.15, 0.2) is 0 Å². The van der Waals surface area contributed by atoms with Gasteiger partial charge in [-0.25, -0.2) is 0 Å². The summed E-state index contributed by atoms with van der Waals surface area (Å²) in [4.78, 5) is 0. The molecule has 0 aromatic rings. The van der Waals surface area contributed by atoms with Crippen molar-refractivity contribution >= 4 is 0 Å². The quantitative estimate of drug-likeness (QED) is 0.548. The Kier molecular flexibility index (Phi) is 4.72. The van der Waals surface area contributed by atoms with E-state index in [-0.39, 0.29) is 0 Å². The predicted molar refractivity (Wildman–Crippen MR) is 55.0 cm³/mol. The van der Waals surface area contributed by atoms with Gasteiger partial charge in [0.25, 0.3) is 0 Å². The van der Waals surface area contributed by atoms with Gasteiger partial charge in [0, 0.05) is 0 Å². The van der Waals surface area contributed by atoms with Gasteiger partial charge in [-0.3, -0.25) is 0 Å². The molecule has 0 heteroatoms. The third kappa shape index (κ3) is 2.80. The van der Waals surface area contributed by atoms with E-state index in [9.17, 15) is 0 Å². The maximum Gasteiger partial charge on any atom is -0.0210 e. The van der Waals surface area contributed by atoms with Crippen LogP contribution in [-0.4, -0.2) is 0 Å². The van der Waals surface area contributed by atoms with E-state index in [2.05, 4.69) is 13.8 Å². The Morgan fingerprint density at radius 1 is 1.17 bits per heavy atom. The number of hydrogen-bond acceptors (Lipinski definition) is 0. The average molecular weight is 167 g/mol. The molecule has 1 radical (unpaired) electrons. The molecule has 0 aromatic heterocycles. The second-order valence-electron chi connectivity index (χ2n) is 4.11. The first-order chi connectivity index (χ1) is 5.88. The van der Waals surface area contributed by atoms with Crippen LogP contribution in [-0.2, 0) is 0 Å². The zero-order valence-corrected chi connectivity index (χ0v) is 8.73. The molecular formula is C12H23. The molecule has 0 amide bonds. The Hall–Kier alpha value is 0. The third-order valence-corrected chi connectivity index (χ3v) is 3.19. The van der Waals surface area contributed by atoms with Crippen molar-refractivity contribution in [2.45, 2.75) is 65.2 Å². The van der Waals surface area contributed by atoms with Gasteiger partial charge in [-0.1, -0.05) is 46.0 Å². The molecule has 0 aliphatic heterocycles. The summed E-state index contributed by atoms with van der Waals surface area (Å²) < 4.78 is 0. The first-order valence-corrected chi connectivity index (χ1v) is 5.73. The van der Waals surface area contributed by atoms with Crippen LogP contribution >= 0.6 is 0 Å². The fourth-order valence-corrected chi connectivity index (χ4v) is 2.47. The maximum atomic E-state index is 2.35. The molecule has 0 bridgehead atoms. The van der Waals surface area contributed by atoms with Crippen molar-refractivity contribution < 1.29 is 0 Å². The summed E-state index contributed by atoms with van der Waals surface area (Å²) in [5, 5.41) is 0. The largest absolute Gasteiger partial charge is 0.0654 e. The van der Waals surface area contributed by atoms with Crippen LogP contribution in [0.4, 0.5) is 0 Å². The van der Waals surface area contributed by atoms with Crippen molar-refractivity contribution in [3.8, 4) is 0 Å². The van der Waals surface area contributed by atoms with Crippen LogP contribution < -0.4 is 0 Å². The van der Waals surface area contributed by atoms with E-state index in [1.54, 1.807) is 0 Å². The van der Waals surface area contributed by atoms with Crippen LogP contribution in [0, 0.1) is 11.8 Å². The van der Waals surface area contributed by atoms with Crippen molar-refractivity contribution in [2.75, 3.05) is 0 Å². The van der Waals surface area contributed by atoms with Crippen molar-refractivity contribution in [3.63, 3.8) is 0 Å². The Morgan fingerprint density at radius 2 is 2.00 bits per heavy atom. The molecule has 1 fully saturated rings. The first kappa shape index (κ1) is 10.1. The number of hydrogen-bond donors (Lipinski definition) is 0. The minimum Gasteiger partial charge on any atom is -0.0654 e. The van der Waals surface area contributed by atoms with Gasteiger partial charge in [-0.05, 0) is 31.1 Å². The highest BCUT2D eigenvalue weighted by Crippen LogP contribution is 2.35. The van der Waals surface area contributed by atoms with Crippen LogP contribution in [0.5, 0.6) is 0 Å². The molecule has 0 heterocycles. The van der Waals surface area contributed by atoms with Crippen LogP contribution in [0.1, 0.15) is 65.2 Å². The molecule has 0 N–H and O–H groups in total. The van der Waals surface area contributed by atoms with E-state index < -0.39 is 0 Å². The van der Waals surface area contributed by atoms with Gasteiger partial charge >= 0.3 is 0 Å². The van der Waals surface area contributed by atoms with Gasteiger partial charge in [-0.15, -0.1) is 0 Å². The smallest absolute Gasteiger partial charge is 0.0210 e. The van der Waals surface area contributed by atoms with Crippen LogP contribution in [0.15, 0.2) is 0 Å². The Labute approximate surface area is 77.7 Å².